The van der Waals surface area contributed by atoms with Crippen LogP contribution in [0.4, 0.5) is 0 Å². The number of halogens is 1. The van der Waals surface area contributed by atoms with Crippen LogP contribution in [0.1, 0.15) is 53.9 Å². The third-order valence-corrected chi connectivity index (χ3v) is 3.61. The Morgan fingerprint density at radius 1 is 1.31 bits per heavy atom. The van der Waals surface area contributed by atoms with Gasteiger partial charge in [-0.25, -0.2) is 0 Å². The molecule has 0 unspecified atom stereocenters. The molecule has 1 aromatic carbocycles. The van der Waals surface area contributed by atoms with Gasteiger partial charge in [0.15, 0.2) is 5.78 Å². The maximum atomic E-state index is 12.0. The minimum Gasteiger partial charge on any atom is -0.294 e. The Labute approximate surface area is 102 Å². The van der Waals surface area contributed by atoms with E-state index in [1.807, 2.05) is 18.2 Å². The second-order valence-electron chi connectivity index (χ2n) is 4.43. The highest BCUT2D eigenvalue weighted by atomic mass is 35.5. The van der Waals surface area contributed by atoms with E-state index in [0.717, 1.165) is 12.0 Å². The van der Waals surface area contributed by atoms with Gasteiger partial charge in [-0.1, -0.05) is 30.7 Å². The standard InChI is InChI=1S/C14H17ClO/c15-10-4-9-14(16)13-8-2-1-7-12(13)11-5-3-6-11/h1-2,7-8,11H,3-6,9-10H2. The van der Waals surface area contributed by atoms with Crippen LogP contribution in [0.25, 0.3) is 0 Å². The van der Waals surface area contributed by atoms with Crippen molar-refractivity contribution in [3.63, 3.8) is 0 Å². The molecule has 1 nitrogen and oxygen atoms in total. The van der Waals surface area contributed by atoms with Gasteiger partial charge in [0, 0.05) is 17.9 Å². The molecule has 0 spiro atoms. The lowest BCUT2D eigenvalue weighted by Crippen LogP contribution is -2.13. The molecule has 0 aliphatic heterocycles. The van der Waals surface area contributed by atoms with Crippen molar-refractivity contribution in [2.24, 2.45) is 0 Å². The maximum Gasteiger partial charge on any atom is 0.163 e. The molecule has 0 N–H and O–H groups in total. The van der Waals surface area contributed by atoms with Gasteiger partial charge in [0.05, 0.1) is 0 Å². The fourth-order valence-corrected chi connectivity index (χ4v) is 2.32. The molecule has 0 saturated heterocycles. The Bertz CT molecular complexity index is 369. The van der Waals surface area contributed by atoms with Gasteiger partial charge in [0.25, 0.3) is 0 Å². The zero-order chi connectivity index (χ0) is 11.4. The van der Waals surface area contributed by atoms with Crippen molar-refractivity contribution in [1.82, 2.24) is 0 Å². The third kappa shape index (κ3) is 2.46. The second kappa shape index (κ2) is 5.49. The Hall–Kier alpha value is -0.820. The SMILES string of the molecule is O=C(CCCCl)c1ccccc1C1CCC1. The van der Waals surface area contributed by atoms with Gasteiger partial charge in [-0.3, -0.25) is 4.79 Å². The zero-order valence-electron chi connectivity index (χ0n) is 9.42. The van der Waals surface area contributed by atoms with Crippen molar-refractivity contribution < 1.29 is 4.79 Å². The molecule has 0 bridgehead atoms. The molecule has 0 amide bonds. The van der Waals surface area contributed by atoms with Gasteiger partial charge in [-0.2, -0.15) is 0 Å². The van der Waals surface area contributed by atoms with Crippen LogP contribution in [0.5, 0.6) is 0 Å². The topological polar surface area (TPSA) is 17.1 Å². The first-order valence-electron chi connectivity index (χ1n) is 6.01. The number of carbonyl (C=O) groups excluding carboxylic acids is 1. The van der Waals surface area contributed by atoms with Crippen molar-refractivity contribution in [3.8, 4) is 0 Å². The summed E-state index contributed by atoms with van der Waals surface area (Å²) in [7, 11) is 0. The molecule has 0 atom stereocenters. The van der Waals surface area contributed by atoms with Crippen molar-refractivity contribution in [3.05, 3.63) is 35.4 Å². The quantitative estimate of drug-likeness (QED) is 0.554. The summed E-state index contributed by atoms with van der Waals surface area (Å²) in [4.78, 5) is 12.0. The van der Waals surface area contributed by atoms with Crippen LogP contribution in [-0.2, 0) is 0 Å². The van der Waals surface area contributed by atoms with E-state index in [1.54, 1.807) is 0 Å². The Kier molecular flexibility index (Phi) is 4.00. The van der Waals surface area contributed by atoms with E-state index in [9.17, 15) is 4.79 Å². The van der Waals surface area contributed by atoms with Crippen molar-refractivity contribution in [1.29, 1.82) is 0 Å². The molecular formula is C14H17ClO. The fraction of sp³-hybridized carbons (Fsp3) is 0.500. The minimum atomic E-state index is 0.253. The summed E-state index contributed by atoms with van der Waals surface area (Å²) in [6.45, 7) is 0. The van der Waals surface area contributed by atoms with Gasteiger partial charge >= 0.3 is 0 Å². The third-order valence-electron chi connectivity index (χ3n) is 3.34. The second-order valence-corrected chi connectivity index (χ2v) is 4.81. The number of rotatable bonds is 5. The van der Waals surface area contributed by atoms with E-state index in [4.69, 9.17) is 11.6 Å². The first-order valence-corrected chi connectivity index (χ1v) is 6.54. The molecule has 1 fully saturated rings. The molecule has 2 heteroatoms. The van der Waals surface area contributed by atoms with Crippen LogP contribution >= 0.6 is 11.6 Å². The van der Waals surface area contributed by atoms with Crippen molar-refractivity contribution in [2.45, 2.75) is 38.0 Å². The number of benzene rings is 1. The summed E-state index contributed by atoms with van der Waals surface area (Å²) in [6, 6.07) is 8.06. The van der Waals surface area contributed by atoms with E-state index >= 15 is 0 Å². The first-order chi connectivity index (χ1) is 7.83. The highest BCUT2D eigenvalue weighted by molar-refractivity contribution is 6.18. The maximum absolute atomic E-state index is 12.0. The number of hydrogen-bond donors (Lipinski definition) is 0. The molecule has 0 radical (unpaired) electrons. The van der Waals surface area contributed by atoms with Crippen molar-refractivity contribution in [2.75, 3.05) is 5.88 Å². The van der Waals surface area contributed by atoms with Crippen molar-refractivity contribution >= 4 is 17.4 Å². The first kappa shape index (κ1) is 11.7. The van der Waals surface area contributed by atoms with Gasteiger partial charge < -0.3 is 0 Å². The highest BCUT2D eigenvalue weighted by Gasteiger charge is 2.23. The van der Waals surface area contributed by atoms with Gasteiger partial charge in [0.1, 0.15) is 0 Å². The van der Waals surface area contributed by atoms with E-state index in [2.05, 4.69) is 6.07 Å². The summed E-state index contributed by atoms with van der Waals surface area (Å²) < 4.78 is 0. The van der Waals surface area contributed by atoms with Crippen LogP contribution in [0.2, 0.25) is 0 Å². The molecule has 2 rings (SSSR count). The number of carbonyl (C=O) groups is 1. The molecule has 1 aromatic rings. The monoisotopic (exact) mass is 236 g/mol. The minimum absolute atomic E-state index is 0.253. The van der Waals surface area contributed by atoms with E-state index in [0.29, 0.717) is 18.2 Å². The van der Waals surface area contributed by atoms with Gasteiger partial charge in [-0.05, 0) is 30.7 Å². The van der Waals surface area contributed by atoms with Gasteiger partial charge in [0.2, 0.25) is 0 Å². The average molecular weight is 237 g/mol. The number of Topliss-reactive ketones (excluding diaryl/α,β-unsaturated/α-hetero) is 1. The molecule has 1 aliphatic rings. The predicted molar refractivity (Wildman–Crippen MR) is 67.3 cm³/mol. The Morgan fingerprint density at radius 3 is 2.69 bits per heavy atom. The molecule has 86 valence electrons. The highest BCUT2D eigenvalue weighted by Crippen LogP contribution is 2.38. The van der Waals surface area contributed by atoms with E-state index in [-0.39, 0.29) is 5.78 Å². The molecule has 0 heterocycles. The summed E-state index contributed by atoms with van der Waals surface area (Å²) in [5.41, 5.74) is 2.19. The molecule has 16 heavy (non-hydrogen) atoms. The van der Waals surface area contributed by atoms with Gasteiger partial charge in [-0.15, -0.1) is 11.6 Å². The van der Waals surface area contributed by atoms with E-state index in [1.165, 1.54) is 24.8 Å². The summed E-state index contributed by atoms with van der Waals surface area (Å²) in [6.07, 6.45) is 5.13. The Morgan fingerprint density at radius 2 is 2.06 bits per heavy atom. The fourth-order valence-electron chi connectivity index (χ4n) is 2.19. The van der Waals surface area contributed by atoms with Crippen LogP contribution in [0.3, 0.4) is 0 Å². The van der Waals surface area contributed by atoms with Crippen LogP contribution < -0.4 is 0 Å². The number of alkyl halides is 1. The van der Waals surface area contributed by atoms with Crippen LogP contribution in [0.15, 0.2) is 24.3 Å². The molecular weight excluding hydrogens is 220 g/mol. The molecule has 1 aliphatic carbocycles. The van der Waals surface area contributed by atoms with Crippen LogP contribution in [-0.4, -0.2) is 11.7 Å². The number of hydrogen-bond acceptors (Lipinski definition) is 1. The number of ketones is 1. The largest absolute Gasteiger partial charge is 0.294 e. The summed E-state index contributed by atoms with van der Waals surface area (Å²) in [5, 5.41) is 0. The molecule has 1 saturated carbocycles. The molecule has 0 aromatic heterocycles. The average Bonchev–Trinajstić information content (AvgIpc) is 2.24. The predicted octanol–water partition coefficient (Wildman–Crippen LogP) is 4.16. The van der Waals surface area contributed by atoms with E-state index < -0.39 is 0 Å². The normalized spacial score (nSPS) is 15.8. The smallest absolute Gasteiger partial charge is 0.163 e. The zero-order valence-corrected chi connectivity index (χ0v) is 10.2. The lowest BCUT2D eigenvalue weighted by Gasteiger charge is -2.27. The lowest BCUT2D eigenvalue weighted by molar-refractivity contribution is 0.0980. The van der Waals surface area contributed by atoms with Crippen LogP contribution in [0, 0.1) is 0 Å². The lowest BCUT2D eigenvalue weighted by atomic mass is 9.77. The Balaban J connectivity index is 2.15. The summed E-state index contributed by atoms with van der Waals surface area (Å²) >= 11 is 5.62. The summed E-state index contributed by atoms with van der Waals surface area (Å²) in [5.74, 6) is 1.44.